The van der Waals surface area contributed by atoms with Crippen molar-refractivity contribution in [3.63, 3.8) is 0 Å². The third kappa shape index (κ3) is 57.9. The van der Waals surface area contributed by atoms with Crippen molar-refractivity contribution >= 4 is 5.91 Å². The summed E-state index contributed by atoms with van der Waals surface area (Å²) in [5, 5.41) is 23.2. The number of carbonyl (C=O) groups excluding carboxylic acids is 1. The van der Waals surface area contributed by atoms with E-state index in [1.54, 1.807) is 6.08 Å². The van der Waals surface area contributed by atoms with E-state index >= 15 is 0 Å². The maximum atomic E-state index is 12.5. The zero-order chi connectivity index (χ0) is 52.0. The van der Waals surface area contributed by atoms with Crippen molar-refractivity contribution in [2.24, 2.45) is 0 Å². The molecule has 1 amide bonds. The number of hydrogen-bond donors (Lipinski definition) is 3. The molecule has 0 saturated carbocycles. The van der Waals surface area contributed by atoms with Gasteiger partial charge in [-0.2, -0.15) is 0 Å². The normalized spacial score (nSPS) is 13.6. The summed E-state index contributed by atoms with van der Waals surface area (Å²) in [5.74, 6) is -0.0640. The third-order valence-corrected chi connectivity index (χ3v) is 13.8. The number of amides is 1. The van der Waals surface area contributed by atoms with Gasteiger partial charge >= 0.3 is 0 Å². The molecule has 414 valence electrons. The highest BCUT2D eigenvalue weighted by Gasteiger charge is 2.18. The van der Waals surface area contributed by atoms with Crippen molar-refractivity contribution in [1.82, 2.24) is 5.32 Å². The molecule has 0 bridgehead atoms. The predicted octanol–water partition coefficient (Wildman–Crippen LogP) is 21.0. The lowest BCUT2D eigenvalue weighted by molar-refractivity contribution is -0.123. The van der Waals surface area contributed by atoms with Crippen LogP contribution in [0.4, 0.5) is 0 Å². The number of hydrogen-bond acceptors (Lipinski definition) is 3. The number of aliphatic hydroxyl groups excluding tert-OH is 2. The molecule has 2 unspecified atom stereocenters. The lowest BCUT2D eigenvalue weighted by Crippen LogP contribution is -2.45. The first-order valence-corrected chi connectivity index (χ1v) is 31.1. The van der Waals surface area contributed by atoms with Gasteiger partial charge in [0.05, 0.1) is 18.8 Å². The molecule has 3 N–H and O–H groups in total. The Hall–Kier alpha value is -2.95. The van der Waals surface area contributed by atoms with E-state index in [-0.39, 0.29) is 12.5 Å². The second kappa shape index (κ2) is 62.3. The Kier molecular flexibility index (Phi) is 59.8. The lowest BCUT2D eigenvalue weighted by Gasteiger charge is -2.20. The first-order valence-electron chi connectivity index (χ1n) is 31.1. The van der Waals surface area contributed by atoms with Crippen molar-refractivity contribution in [1.29, 1.82) is 0 Å². The van der Waals surface area contributed by atoms with Gasteiger partial charge in [0.15, 0.2) is 0 Å². The average molecular weight is 999 g/mol. The van der Waals surface area contributed by atoms with Crippen molar-refractivity contribution in [3.8, 4) is 0 Å². The van der Waals surface area contributed by atoms with Gasteiger partial charge < -0.3 is 15.5 Å². The van der Waals surface area contributed by atoms with Crippen molar-refractivity contribution in [3.05, 3.63) is 109 Å². The van der Waals surface area contributed by atoms with Gasteiger partial charge in [-0.25, -0.2) is 0 Å². The van der Waals surface area contributed by atoms with Crippen molar-refractivity contribution < 1.29 is 15.0 Å². The monoisotopic (exact) mass is 998 g/mol. The fraction of sp³-hybridized carbons (Fsp3) is 0.721. The number of aliphatic hydroxyl groups is 2. The molecule has 4 nitrogen and oxygen atoms in total. The minimum absolute atomic E-state index is 0.0640. The van der Waals surface area contributed by atoms with Crippen LogP contribution in [0.15, 0.2) is 109 Å². The van der Waals surface area contributed by atoms with Gasteiger partial charge in [0.2, 0.25) is 5.91 Å². The van der Waals surface area contributed by atoms with E-state index in [1.165, 1.54) is 199 Å². The smallest absolute Gasteiger partial charge is 0.220 e. The molecule has 2 atom stereocenters. The molecule has 0 spiro atoms. The van der Waals surface area contributed by atoms with Crippen LogP contribution in [0.1, 0.15) is 296 Å². The van der Waals surface area contributed by atoms with Crippen LogP contribution < -0.4 is 5.32 Å². The van der Waals surface area contributed by atoms with Crippen molar-refractivity contribution in [2.75, 3.05) is 6.61 Å². The highest BCUT2D eigenvalue weighted by Crippen LogP contribution is 2.17. The number of rotatable bonds is 56. The lowest BCUT2D eigenvalue weighted by atomic mass is 10.0. The standard InChI is InChI=1S/C68H119NO3/c1-3-5-7-9-11-13-15-17-19-21-23-24-25-26-27-28-29-30-31-32-33-34-35-36-37-38-39-40-41-42-43-44-46-48-50-52-54-56-58-60-62-64-68(72)69-66(65-70)67(71)63-61-59-57-55-53-51-49-47-45-22-20-18-16-14-12-10-8-6-4-2/h5,7,11,13,17,19,23-24,26-27,29-30,32-33,35-36,61,63,66-67,70-71H,3-4,6,8-10,12,14-16,18,20-22,25,28,31,34,37-60,62,64-65H2,1-2H3,(H,69,72)/b7-5-,13-11-,19-17-,24-23-,27-26-,30-29-,33-32-,36-35-,63-61+. The van der Waals surface area contributed by atoms with Crippen LogP contribution in [0, 0.1) is 0 Å². The maximum Gasteiger partial charge on any atom is 0.220 e. The number of allylic oxidation sites excluding steroid dienone is 17. The number of carbonyl (C=O) groups is 1. The number of unbranched alkanes of at least 4 members (excludes halogenated alkanes) is 33. The van der Waals surface area contributed by atoms with Gasteiger partial charge in [0, 0.05) is 6.42 Å². The molecule has 0 saturated heterocycles. The predicted molar refractivity (Wildman–Crippen MR) is 322 cm³/mol. The van der Waals surface area contributed by atoms with Crippen molar-refractivity contribution in [2.45, 2.75) is 309 Å². The summed E-state index contributed by atoms with van der Waals surface area (Å²) in [6.45, 7) is 4.21. The quantitative estimate of drug-likeness (QED) is 0.0420. The van der Waals surface area contributed by atoms with Gasteiger partial charge in [-0.05, 0) is 83.5 Å². The molecule has 0 aromatic rings. The molecule has 0 radical (unpaired) electrons. The molecule has 0 heterocycles. The Morgan fingerprint density at radius 3 is 0.917 bits per heavy atom. The van der Waals surface area contributed by atoms with E-state index in [9.17, 15) is 15.0 Å². The summed E-state index contributed by atoms with van der Waals surface area (Å²) in [4.78, 5) is 12.5. The summed E-state index contributed by atoms with van der Waals surface area (Å²) in [6.07, 6.45) is 94.1. The second-order valence-corrected chi connectivity index (χ2v) is 20.7. The topological polar surface area (TPSA) is 69.6 Å². The fourth-order valence-electron chi connectivity index (χ4n) is 9.08. The molecule has 0 rings (SSSR count). The first kappa shape index (κ1) is 69.0. The van der Waals surface area contributed by atoms with Gasteiger partial charge in [-0.1, -0.05) is 316 Å². The molecular formula is C68H119NO3. The van der Waals surface area contributed by atoms with Crippen LogP contribution in [0.25, 0.3) is 0 Å². The van der Waals surface area contributed by atoms with Gasteiger partial charge in [-0.15, -0.1) is 0 Å². The summed E-state index contributed by atoms with van der Waals surface area (Å²) < 4.78 is 0. The van der Waals surface area contributed by atoms with E-state index in [0.29, 0.717) is 6.42 Å². The third-order valence-electron chi connectivity index (χ3n) is 13.8. The Morgan fingerprint density at radius 2 is 0.611 bits per heavy atom. The summed E-state index contributed by atoms with van der Waals surface area (Å²) in [5.41, 5.74) is 0. The minimum Gasteiger partial charge on any atom is -0.394 e. The molecule has 0 aromatic heterocycles. The highest BCUT2D eigenvalue weighted by molar-refractivity contribution is 5.76. The Balaban J connectivity index is 3.51. The summed E-state index contributed by atoms with van der Waals surface area (Å²) in [7, 11) is 0. The first-order chi connectivity index (χ1) is 35.7. The number of nitrogens with one attached hydrogen (secondary N) is 1. The molecule has 4 heteroatoms. The van der Waals surface area contributed by atoms with Gasteiger partial charge in [0.25, 0.3) is 0 Å². The van der Waals surface area contributed by atoms with Crippen LogP contribution in [0.2, 0.25) is 0 Å². The molecule has 0 aromatic carbocycles. The SMILES string of the molecule is CC/C=C\C/C=C\C/C=C\C/C=C\C/C=C\C/C=C\C/C=C\C/C=C\CCCCCCCCCCCCCCCCCCC(=O)NC(CO)C(O)/C=C/CCCCCCCCCCCCCCCCCCC. The Bertz CT molecular complexity index is 1360. The molecule has 0 fully saturated rings. The van der Waals surface area contributed by atoms with Crippen LogP contribution in [0.3, 0.4) is 0 Å². The van der Waals surface area contributed by atoms with E-state index in [4.69, 9.17) is 0 Å². The molecule has 0 aliphatic rings. The molecular weight excluding hydrogens is 879 g/mol. The molecule has 0 aliphatic carbocycles. The Morgan fingerprint density at radius 1 is 0.347 bits per heavy atom. The largest absolute Gasteiger partial charge is 0.394 e. The Labute approximate surface area is 448 Å². The van der Waals surface area contributed by atoms with E-state index in [2.05, 4.69) is 116 Å². The molecule has 72 heavy (non-hydrogen) atoms. The minimum atomic E-state index is -0.844. The van der Waals surface area contributed by atoms with Crippen LogP contribution in [0.5, 0.6) is 0 Å². The average Bonchev–Trinajstić information content (AvgIpc) is 3.39. The van der Waals surface area contributed by atoms with Crippen LogP contribution in [-0.2, 0) is 4.79 Å². The van der Waals surface area contributed by atoms with Gasteiger partial charge in [-0.3, -0.25) is 4.79 Å². The van der Waals surface area contributed by atoms with Crippen LogP contribution >= 0.6 is 0 Å². The summed E-state index contributed by atoms with van der Waals surface area (Å²) in [6, 6.07) is -0.627. The fourth-order valence-corrected chi connectivity index (χ4v) is 9.08. The van der Waals surface area contributed by atoms with E-state index in [0.717, 1.165) is 77.0 Å². The molecule has 0 aliphatic heterocycles. The summed E-state index contributed by atoms with van der Waals surface area (Å²) >= 11 is 0. The second-order valence-electron chi connectivity index (χ2n) is 20.7. The van der Waals surface area contributed by atoms with Crippen LogP contribution in [-0.4, -0.2) is 34.9 Å². The zero-order valence-electron chi connectivity index (χ0n) is 47.7. The van der Waals surface area contributed by atoms with Gasteiger partial charge in [0.1, 0.15) is 0 Å². The zero-order valence-corrected chi connectivity index (χ0v) is 47.7. The van der Waals surface area contributed by atoms with E-state index in [1.807, 2.05) is 6.08 Å². The maximum absolute atomic E-state index is 12.5. The highest BCUT2D eigenvalue weighted by atomic mass is 16.3. The van der Waals surface area contributed by atoms with E-state index < -0.39 is 12.1 Å².